The Bertz CT molecular complexity index is 413. The van der Waals surface area contributed by atoms with E-state index < -0.39 is 0 Å². The van der Waals surface area contributed by atoms with Crippen molar-refractivity contribution < 1.29 is 0 Å². The molecule has 1 heterocycles. The van der Waals surface area contributed by atoms with Gasteiger partial charge in [0, 0.05) is 17.6 Å². The lowest BCUT2D eigenvalue weighted by atomic mass is 9.97. The minimum Gasteiger partial charge on any atom is -0.317 e. The second kappa shape index (κ2) is 8.16. The molecule has 0 aromatic heterocycles. The monoisotopic (exact) mass is 338 g/mol. The third-order valence-electron chi connectivity index (χ3n) is 4.16. The molecule has 3 heteroatoms. The first-order chi connectivity index (χ1) is 9.69. The van der Waals surface area contributed by atoms with Crippen molar-refractivity contribution in [2.24, 2.45) is 5.92 Å². The summed E-state index contributed by atoms with van der Waals surface area (Å²) < 4.78 is 1.23. The summed E-state index contributed by atoms with van der Waals surface area (Å²) in [6.45, 7) is 10.3. The number of nitrogens with zero attached hydrogens (tertiary/aromatic N) is 1. The van der Waals surface area contributed by atoms with Crippen molar-refractivity contribution in [1.29, 1.82) is 0 Å². The Hall–Kier alpha value is -0.380. The Morgan fingerprint density at radius 2 is 2.05 bits per heavy atom. The molecule has 0 bridgehead atoms. The van der Waals surface area contributed by atoms with Crippen LogP contribution in [-0.4, -0.2) is 31.1 Å². The van der Waals surface area contributed by atoms with Crippen molar-refractivity contribution in [3.63, 3.8) is 0 Å². The fourth-order valence-corrected chi connectivity index (χ4v) is 3.40. The molecule has 0 unspecified atom stereocenters. The van der Waals surface area contributed by atoms with E-state index in [4.69, 9.17) is 0 Å². The van der Waals surface area contributed by atoms with Gasteiger partial charge in [-0.2, -0.15) is 0 Å². The molecule has 1 fully saturated rings. The Labute approximate surface area is 132 Å². The average Bonchev–Trinajstić information content (AvgIpc) is 2.44. The van der Waals surface area contributed by atoms with Crippen LogP contribution in [0.1, 0.15) is 37.3 Å². The maximum atomic E-state index is 3.65. The predicted molar refractivity (Wildman–Crippen MR) is 90.0 cm³/mol. The molecule has 20 heavy (non-hydrogen) atoms. The van der Waals surface area contributed by atoms with Crippen LogP contribution in [0.4, 0.5) is 0 Å². The van der Waals surface area contributed by atoms with Crippen LogP contribution in [-0.2, 0) is 6.54 Å². The molecule has 2 nitrogen and oxygen atoms in total. The summed E-state index contributed by atoms with van der Waals surface area (Å²) in [5, 5.41) is 3.46. The first-order valence-electron chi connectivity index (χ1n) is 7.87. The summed E-state index contributed by atoms with van der Waals surface area (Å²) >= 11 is 3.65. The van der Waals surface area contributed by atoms with Crippen LogP contribution in [0.5, 0.6) is 0 Å². The number of piperidine rings is 1. The lowest BCUT2D eigenvalue weighted by Crippen LogP contribution is -2.36. The van der Waals surface area contributed by atoms with Crippen molar-refractivity contribution in [1.82, 2.24) is 10.2 Å². The Morgan fingerprint density at radius 1 is 1.30 bits per heavy atom. The normalized spacial score (nSPS) is 16.8. The number of benzene rings is 1. The van der Waals surface area contributed by atoms with Gasteiger partial charge >= 0.3 is 0 Å². The third-order valence-corrected chi connectivity index (χ3v) is 5.01. The molecule has 1 saturated heterocycles. The summed E-state index contributed by atoms with van der Waals surface area (Å²) in [6, 6.07) is 6.76. The van der Waals surface area contributed by atoms with E-state index in [9.17, 15) is 0 Å². The molecule has 0 spiro atoms. The topological polar surface area (TPSA) is 15.3 Å². The fourth-order valence-electron chi connectivity index (χ4n) is 2.97. The van der Waals surface area contributed by atoms with Gasteiger partial charge in [0.25, 0.3) is 0 Å². The van der Waals surface area contributed by atoms with Crippen molar-refractivity contribution in [2.45, 2.75) is 39.7 Å². The molecule has 112 valence electrons. The van der Waals surface area contributed by atoms with Crippen LogP contribution >= 0.6 is 15.9 Å². The minimum atomic E-state index is 0.872. The van der Waals surface area contributed by atoms with Gasteiger partial charge in [-0.15, -0.1) is 0 Å². The van der Waals surface area contributed by atoms with Crippen molar-refractivity contribution >= 4 is 15.9 Å². The summed E-state index contributed by atoms with van der Waals surface area (Å²) in [5.41, 5.74) is 2.74. The highest BCUT2D eigenvalue weighted by Gasteiger charge is 2.17. The molecule has 1 N–H and O–H groups in total. The second-order valence-corrected chi connectivity index (χ2v) is 6.87. The first kappa shape index (κ1) is 16.0. The summed E-state index contributed by atoms with van der Waals surface area (Å²) in [6.07, 6.45) is 3.90. The van der Waals surface area contributed by atoms with Crippen LogP contribution in [0.3, 0.4) is 0 Å². The standard InChI is InChI=1S/C17H27BrN2/c1-3-10-20(12-15-6-8-19-9-7-15)13-16-5-4-14(2)17(18)11-16/h4-5,11,15,19H,3,6-10,12-13H2,1-2H3. The van der Waals surface area contributed by atoms with Crippen LogP contribution in [0, 0.1) is 12.8 Å². The SMILES string of the molecule is CCCN(Cc1ccc(C)c(Br)c1)CC1CCNCC1. The molecule has 0 aliphatic carbocycles. The van der Waals surface area contributed by atoms with E-state index in [1.54, 1.807) is 0 Å². The van der Waals surface area contributed by atoms with Gasteiger partial charge in [-0.05, 0) is 68.9 Å². The predicted octanol–water partition coefficient (Wildman–Crippen LogP) is 3.97. The Kier molecular flexibility index (Phi) is 6.53. The molecule has 0 amide bonds. The number of hydrogen-bond donors (Lipinski definition) is 1. The summed E-state index contributed by atoms with van der Waals surface area (Å²) in [7, 11) is 0. The number of rotatable bonds is 6. The number of halogens is 1. The van der Waals surface area contributed by atoms with Crippen LogP contribution in [0.2, 0.25) is 0 Å². The molecule has 1 aliphatic heterocycles. The lowest BCUT2D eigenvalue weighted by molar-refractivity contribution is 0.199. The Morgan fingerprint density at radius 3 is 2.70 bits per heavy atom. The zero-order valence-corrected chi connectivity index (χ0v) is 14.4. The van der Waals surface area contributed by atoms with E-state index in [1.165, 1.54) is 61.0 Å². The van der Waals surface area contributed by atoms with Gasteiger partial charge < -0.3 is 5.32 Å². The van der Waals surface area contributed by atoms with Crippen LogP contribution in [0.15, 0.2) is 22.7 Å². The number of aryl methyl sites for hydroxylation is 1. The van der Waals surface area contributed by atoms with E-state index in [-0.39, 0.29) is 0 Å². The van der Waals surface area contributed by atoms with Gasteiger partial charge in [0.05, 0.1) is 0 Å². The molecule has 1 aliphatic rings. The molecule has 0 radical (unpaired) electrons. The van der Waals surface area contributed by atoms with E-state index in [0.717, 1.165) is 12.5 Å². The lowest BCUT2D eigenvalue weighted by Gasteiger charge is -2.30. The first-order valence-corrected chi connectivity index (χ1v) is 8.66. The summed E-state index contributed by atoms with van der Waals surface area (Å²) in [4.78, 5) is 2.63. The van der Waals surface area contributed by atoms with Gasteiger partial charge in [0.2, 0.25) is 0 Å². The zero-order valence-electron chi connectivity index (χ0n) is 12.8. The quantitative estimate of drug-likeness (QED) is 0.844. The zero-order chi connectivity index (χ0) is 14.4. The maximum absolute atomic E-state index is 3.65. The van der Waals surface area contributed by atoms with Gasteiger partial charge in [-0.1, -0.05) is 35.0 Å². The third kappa shape index (κ3) is 4.87. The number of nitrogens with one attached hydrogen (secondary N) is 1. The van der Waals surface area contributed by atoms with Crippen molar-refractivity contribution in [3.05, 3.63) is 33.8 Å². The van der Waals surface area contributed by atoms with Gasteiger partial charge in [0.1, 0.15) is 0 Å². The van der Waals surface area contributed by atoms with Gasteiger partial charge in [-0.3, -0.25) is 4.90 Å². The van der Waals surface area contributed by atoms with Gasteiger partial charge in [-0.25, -0.2) is 0 Å². The highest BCUT2D eigenvalue weighted by atomic mass is 79.9. The van der Waals surface area contributed by atoms with Crippen LogP contribution in [0.25, 0.3) is 0 Å². The second-order valence-electron chi connectivity index (χ2n) is 6.01. The highest BCUT2D eigenvalue weighted by Crippen LogP contribution is 2.20. The molecule has 1 aromatic carbocycles. The smallest absolute Gasteiger partial charge is 0.0234 e. The maximum Gasteiger partial charge on any atom is 0.0234 e. The molecule has 0 atom stereocenters. The van der Waals surface area contributed by atoms with Crippen LogP contribution < -0.4 is 5.32 Å². The van der Waals surface area contributed by atoms with E-state index >= 15 is 0 Å². The van der Waals surface area contributed by atoms with E-state index in [1.807, 2.05) is 0 Å². The largest absolute Gasteiger partial charge is 0.317 e. The Balaban J connectivity index is 1.94. The molecule has 2 rings (SSSR count). The van der Waals surface area contributed by atoms with Crippen molar-refractivity contribution in [2.75, 3.05) is 26.2 Å². The van der Waals surface area contributed by atoms with Gasteiger partial charge in [0.15, 0.2) is 0 Å². The van der Waals surface area contributed by atoms with Crippen molar-refractivity contribution in [3.8, 4) is 0 Å². The molecule has 1 aromatic rings. The molecular weight excluding hydrogens is 312 g/mol. The highest BCUT2D eigenvalue weighted by molar-refractivity contribution is 9.10. The minimum absolute atomic E-state index is 0.872. The average molecular weight is 339 g/mol. The number of hydrogen-bond acceptors (Lipinski definition) is 2. The molecular formula is C17H27BrN2. The fraction of sp³-hybridized carbons (Fsp3) is 0.647. The van der Waals surface area contributed by atoms with E-state index in [0.29, 0.717) is 0 Å². The molecule has 0 saturated carbocycles. The van der Waals surface area contributed by atoms with E-state index in [2.05, 4.69) is 58.2 Å². The summed E-state index contributed by atoms with van der Waals surface area (Å²) in [5.74, 6) is 0.872.